The Morgan fingerprint density at radius 3 is 2.00 bits per heavy atom. The maximum atomic E-state index is 11.2. The number of nitrogens with zero attached hydrogens (tertiary/aromatic N) is 2. The number of unbranched alkanes of at least 4 members (excludes halogenated alkanes) is 4. The molecule has 0 spiro atoms. The molecule has 0 atom stereocenters. The van der Waals surface area contributed by atoms with Crippen LogP contribution in [0.2, 0.25) is 0 Å². The number of hydrogen-bond acceptors (Lipinski definition) is 5. The molecule has 0 bridgehead atoms. The average Bonchev–Trinajstić information content (AvgIpc) is 3.15. The van der Waals surface area contributed by atoms with Crippen LogP contribution in [0.5, 0.6) is 5.75 Å². The number of benzene rings is 2. The van der Waals surface area contributed by atoms with Crippen LogP contribution < -0.4 is 4.74 Å². The number of allylic oxidation sites excluding steroid dienone is 3. The van der Waals surface area contributed by atoms with Gasteiger partial charge in [0.2, 0.25) is 0 Å². The SMILES string of the molecule is C/C=C(\C)CN(CCC)CCCC.CC=C(C)c1cc(C(=O)OC)ccn1.CCCCCc1ccc(C)cc1.CCCCOc1ccccc1. The second kappa shape index (κ2) is 31.3. The summed E-state index contributed by atoms with van der Waals surface area (Å²) in [6.07, 6.45) is 17.2. The molecule has 2 aromatic carbocycles. The van der Waals surface area contributed by atoms with Gasteiger partial charge in [-0.1, -0.05) is 119 Å². The van der Waals surface area contributed by atoms with E-state index in [1.54, 1.807) is 18.3 Å². The Balaban J connectivity index is 0.000000642. The number of aryl methyl sites for hydroxylation is 2. The van der Waals surface area contributed by atoms with Crippen molar-refractivity contribution in [3.63, 3.8) is 0 Å². The van der Waals surface area contributed by atoms with Crippen LogP contribution in [0.15, 0.2) is 90.7 Å². The Labute approximate surface area is 307 Å². The molecule has 0 unspecified atom stereocenters. The molecule has 0 aliphatic carbocycles. The molecule has 0 fully saturated rings. The Hall–Kier alpha value is -3.70. The molecule has 0 saturated carbocycles. The zero-order valence-electron chi connectivity index (χ0n) is 33.4. The van der Waals surface area contributed by atoms with Crippen molar-refractivity contribution in [2.24, 2.45) is 0 Å². The normalized spacial score (nSPS) is 10.9. The summed E-state index contributed by atoms with van der Waals surface area (Å²) in [5.41, 5.74) is 6.69. The summed E-state index contributed by atoms with van der Waals surface area (Å²) in [6.45, 7) is 23.8. The minimum atomic E-state index is -0.336. The van der Waals surface area contributed by atoms with E-state index in [1.807, 2.05) is 50.3 Å². The Morgan fingerprint density at radius 1 is 0.780 bits per heavy atom. The molecule has 3 aromatic rings. The van der Waals surface area contributed by atoms with Crippen LogP contribution in [0.1, 0.15) is 134 Å². The first-order valence-corrected chi connectivity index (χ1v) is 18.9. The van der Waals surface area contributed by atoms with Crippen molar-refractivity contribution < 1.29 is 14.3 Å². The molecule has 278 valence electrons. The molecule has 5 nitrogen and oxygen atoms in total. The number of methoxy groups -OCH3 is 1. The van der Waals surface area contributed by atoms with E-state index in [4.69, 9.17) is 4.74 Å². The van der Waals surface area contributed by atoms with Crippen molar-refractivity contribution in [1.29, 1.82) is 0 Å². The quantitative estimate of drug-likeness (QED) is 0.0803. The first kappa shape index (κ1) is 46.3. The maximum absolute atomic E-state index is 11.2. The minimum absolute atomic E-state index is 0.336. The number of hydrogen-bond donors (Lipinski definition) is 0. The highest BCUT2D eigenvalue weighted by atomic mass is 16.5. The molecule has 0 aliphatic heterocycles. The topological polar surface area (TPSA) is 51.7 Å². The highest BCUT2D eigenvalue weighted by Gasteiger charge is 2.06. The molecule has 1 aromatic heterocycles. The van der Waals surface area contributed by atoms with Gasteiger partial charge in [-0.2, -0.15) is 0 Å². The summed E-state index contributed by atoms with van der Waals surface area (Å²) >= 11 is 0. The molecule has 0 radical (unpaired) electrons. The first-order valence-electron chi connectivity index (χ1n) is 18.9. The summed E-state index contributed by atoms with van der Waals surface area (Å²) in [6, 6.07) is 22.2. The monoisotopic (exact) mass is 687 g/mol. The molecular formula is C45H70N2O3. The second-order valence-corrected chi connectivity index (χ2v) is 12.6. The molecular weight excluding hydrogens is 617 g/mol. The number of esters is 1. The molecule has 3 rings (SSSR count). The lowest BCUT2D eigenvalue weighted by molar-refractivity contribution is 0.0600. The van der Waals surface area contributed by atoms with Crippen LogP contribution in [0.3, 0.4) is 0 Å². The van der Waals surface area contributed by atoms with Gasteiger partial charge in [0.1, 0.15) is 5.75 Å². The lowest BCUT2D eigenvalue weighted by atomic mass is 10.1. The summed E-state index contributed by atoms with van der Waals surface area (Å²) in [5, 5.41) is 0. The van der Waals surface area contributed by atoms with Crippen molar-refractivity contribution in [3.8, 4) is 5.75 Å². The maximum Gasteiger partial charge on any atom is 0.337 e. The van der Waals surface area contributed by atoms with E-state index in [9.17, 15) is 4.79 Å². The number of rotatable bonds is 17. The predicted molar refractivity (Wildman–Crippen MR) is 217 cm³/mol. The van der Waals surface area contributed by atoms with Crippen molar-refractivity contribution in [3.05, 3.63) is 113 Å². The van der Waals surface area contributed by atoms with Crippen LogP contribution in [-0.2, 0) is 11.2 Å². The number of para-hydroxylation sites is 1. The highest BCUT2D eigenvalue weighted by molar-refractivity contribution is 5.90. The van der Waals surface area contributed by atoms with Crippen LogP contribution in [-0.4, -0.2) is 49.2 Å². The van der Waals surface area contributed by atoms with E-state index in [2.05, 4.69) is 93.4 Å². The third kappa shape index (κ3) is 23.6. The number of carbonyl (C=O) groups excluding carboxylic acids is 1. The van der Waals surface area contributed by atoms with Crippen molar-refractivity contribution >= 4 is 11.5 Å². The number of pyridine rings is 1. The summed E-state index contributed by atoms with van der Waals surface area (Å²) < 4.78 is 10.1. The Bertz CT molecular complexity index is 1300. The smallest absolute Gasteiger partial charge is 0.337 e. The van der Waals surface area contributed by atoms with Gasteiger partial charge in [-0.15, -0.1) is 0 Å². The summed E-state index contributed by atoms with van der Waals surface area (Å²) in [4.78, 5) is 17.9. The minimum Gasteiger partial charge on any atom is -0.494 e. The fourth-order valence-corrected chi connectivity index (χ4v) is 4.64. The summed E-state index contributed by atoms with van der Waals surface area (Å²) in [5.74, 6) is 0.638. The fourth-order valence-electron chi connectivity index (χ4n) is 4.64. The van der Waals surface area contributed by atoms with Gasteiger partial charge in [-0.25, -0.2) is 4.79 Å². The average molecular weight is 687 g/mol. The van der Waals surface area contributed by atoms with Crippen LogP contribution >= 0.6 is 0 Å². The van der Waals surface area contributed by atoms with Crippen molar-refractivity contribution in [2.45, 2.75) is 120 Å². The zero-order valence-corrected chi connectivity index (χ0v) is 33.4. The number of aromatic nitrogens is 1. The Kier molecular flexibility index (Phi) is 29.0. The largest absolute Gasteiger partial charge is 0.494 e. The lowest BCUT2D eigenvalue weighted by Crippen LogP contribution is -2.27. The van der Waals surface area contributed by atoms with Gasteiger partial charge in [0.25, 0.3) is 0 Å². The molecule has 0 N–H and O–H groups in total. The molecule has 5 heteroatoms. The zero-order chi connectivity index (χ0) is 37.4. The van der Waals surface area contributed by atoms with Gasteiger partial charge in [-0.3, -0.25) is 9.88 Å². The van der Waals surface area contributed by atoms with Gasteiger partial charge in [0.15, 0.2) is 0 Å². The molecule has 0 saturated heterocycles. The lowest BCUT2D eigenvalue weighted by Gasteiger charge is -2.21. The van der Waals surface area contributed by atoms with Crippen LogP contribution in [0, 0.1) is 6.92 Å². The summed E-state index contributed by atoms with van der Waals surface area (Å²) in [7, 11) is 1.37. The van der Waals surface area contributed by atoms with E-state index in [1.165, 1.54) is 88.3 Å². The number of carbonyl (C=O) groups is 1. The van der Waals surface area contributed by atoms with E-state index >= 15 is 0 Å². The van der Waals surface area contributed by atoms with Gasteiger partial charge < -0.3 is 9.47 Å². The third-order valence-corrected chi connectivity index (χ3v) is 8.05. The standard InChI is InChI=1S/C12H25N.C12H18.C11H13NO2.C10H14O/c1-5-8-10-13(9-6-2)11-12(4)7-3;1-3-4-5-6-12-9-7-11(2)8-10-12;1-4-8(2)10-7-9(5-6-12-10)11(13)14-3;1-2-3-9-11-10-7-5-4-6-8-10/h7H,5-6,8-11H2,1-4H3;7-10H,3-6H2,1-2H3;4-7H,1-3H3;4-8H,2-3,9H2,1H3/b12-7+;;;. The van der Waals surface area contributed by atoms with Crippen molar-refractivity contribution in [2.75, 3.05) is 33.4 Å². The van der Waals surface area contributed by atoms with Gasteiger partial charge in [0.05, 0.1) is 25.0 Å². The number of ether oxygens (including phenoxy) is 2. The van der Waals surface area contributed by atoms with Crippen LogP contribution in [0.25, 0.3) is 5.57 Å². The van der Waals surface area contributed by atoms with Crippen LogP contribution in [0.4, 0.5) is 0 Å². The predicted octanol–water partition coefficient (Wildman–Crippen LogP) is 12.3. The van der Waals surface area contributed by atoms with Gasteiger partial charge >= 0.3 is 5.97 Å². The van der Waals surface area contributed by atoms with Crippen molar-refractivity contribution in [1.82, 2.24) is 9.88 Å². The Morgan fingerprint density at radius 2 is 1.44 bits per heavy atom. The van der Waals surface area contributed by atoms with E-state index in [-0.39, 0.29) is 5.97 Å². The first-order chi connectivity index (χ1) is 24.2. The molecule has 0 aliphatic rings. The second-order valence-electron chi connectivity index (χ2n) is 12.6. The third-order valence-electron chi connectivity index (χ3n) is 8.05. The molecule has 1 heterocycles. The van der Waals surface area contributed by atoms with Gasteiger partial charge in [-0.05, 0) is 115 Å². The van der Waals surface area contributed by atoms with E-state index in [0.29, 0.717) is 5.56 Å². The highest BCUT2D eigenvalue weighted by Crippen LogP contribution is 2.13. The molecule has 50 heavy (non-hydrogen) atoms. The van der Waals surface area contributed by atoms with E-state index in [0.717, 1.165) is 36.6 Å². The molecule has 0 amide bonds. The fraction of sp³-hybridized carbons (Fsp3) is 0.511. The van der Waals surface area contributed by atoms with Gasteiger partial charge in [0, 0.05) is 12.7 Å². The van der Waals surface area contributed by atoms with E-state index < -0.39 is 0 Å².